The van der Waals surface area contributed by atoms with E-state index in [0.717, 1.165) is 5.69 Å². The second kappa shape index (κ2) is 6.72. The average Bonchev–Trinajstić information content (AvgIpc) is 2.75. The number of hydrogen-bond acceptors (Lipinski definition) is 5. The highest BCUT2D eigenvalue weighted by molar-refractivity contribution is 6.74. The van der Waals surface area contributed by atoms with Crippen molar-refractivity contribution in [1.82, 2.24) is 10.2 Å². The van der Waals surface area contributed by atoms with Gasteiger partial charge in [-0.1, -0.05) is 20.8 Å². The summed E-state index contributed by atoms with van der Waals surface area (Å²) < 4.78 is 16.3. The van der Waals surface area contributed by atoms with E-state index in [-0.39, 0.29) is 10.7 Å². The van der Waals surface area contributed by atoms with Gasteiger partial charge in [0.25, 0.3) is 0 Å². The van der Waals surface area contributed by atoms with Gasteiger partial charge in [-0.15, -0.1) is 0 Å². The van der Waals surface area contributed by atoms with Gasteiger partial charge in [-0.05, 0) is 31.1 Å². The quantitative estimate of drug-likeness (QED) is 0.496. The molecule has 1 atom stereocenters. The van der Waals surface area contributed by atoms with Gasteiger partial charge in [-0.25, -0.2) is 4.79 Å². The summed E-state index contributed by atoms with van der Waals surface area (Å²) in [5.41, 5.74) is 0.954. The van der Waals surface area contributed by atoms with Gasteiger partial charge in [0.1, 0.15) is 0 Å². The number of H-pyrrole nitrogens is 1. The van der Waals surface area contributed by atoms with Gasteiger partial charge in [0.05, 0.1) is 12.3 Å². The van der Waals surface area contributed by atoms with E-state index in [1.165, 1.54) is 0 Å². The van der Waals surface area contributed by atoms with Crippen molar-refractivity contribution in [2.45, 2.75) is 58.7 Å². The van der Waals surface area contributed by atoms with Gasteiger partial charge >= 0.3 is 5.97 Å². The molecule has 21 heavy (non-hydrogen) atoms. The number of hydrogen-bond donors (Lipinski definition) is 1. The number of aromatic amines is 1. The maximum Gasteiger partial charge on any atom is 0.361 e. The van der Waals surface area contributed by atoms with Gasteiger partial charge < -0.3 is 13.9 Å². The highest BCUT2D eigenvalue weighted by Crippen LogP contribution is 2.37. The highest BCUT2D eigenvalue weighted by atomic mass is 28.4. The first-order chi connectivity index (χ1) is 9.56. The summed E-state index contributed by atoms with van der Waals surface area (Å²) in [6, 6.07) is 1.62. The number of esters is 1. The van der Waals surface area contributed by atoms with Crippen LogP contribution >= 0.6 is 0 Å². The monoisotopic (exact) mass is 314 g/mol. The molecule has 1 rings (SSSR count). The smallest absolute Gasteiger partial charge is 0.361 e. The number of aromatic nitrogens is 2. The predicted octanol–water partition coefficient (Wildman–Crippen LogP) is 3.08. The highest BCUT2D eigenvalue weighted by Gasteiger charge is 2.39. The van der Waals surface area contributed by atoms with E-state index in [0.29, 0.717) is 6.61 Å². The van der Waals surface area contributed by atoms with Gasteiger partial charge in [0.15, 0.2) is 20.3 Å². The number of nitrogens with one attached hydrogen (secondary N) is 1. The molecule has 7 heteroatoms. The van der Waals surface area contributed by atoms with Crippen molar-refractivity contribution in [2.24, 2.45) is 0 Å². The van der Waals surface area contributed by atoms with Crippen LogP contribution in [0.1, 0.15) is 43.9 Å². The Morgan fingerprint density at radius 2 is 2.05 bits per heavy atom. The van der Waals surface area contributed by atoms with Crippen molar-refractivity contribution in [3.8, 4) is 0 Å². The molecule has 0 aliphatic heterocycles. The standard InChI is InChI=1S/C14H26N2O4Si/c1-10(20-21(6,7)14(2,3)4)19-13(17)12-8-11(9-18-5)15-16-12/h8,10H,9H2,1-7H3,(H,15,16). The second-order valence-corrected chi connectivity index (χ2v) is 11.3. The maximum absolute atomic E-state index is 12.0. The third-order valence-electron chi connectivity index (χ3n) is 3.68. The molecule has 0 saturated carbocycles. The number of rotatable bonds is 6. The van der Waals surface area contributed by atoms with Crippen LogP contribution in [0.4, 0.5) is 0 Å². The molecule has 1 aromatic rings. The van der Waals surface area contributed by atoms with Crippen LogP contribution in [0.15, 0.2) is 6.07 Å². The van der Waals surface area contributed by atoms with E-state index < -0.39 is 20.6 Å². The maximum atomic E-state index is 12.0. The third kappa shape index (κ3) is 4.94. The Kier molecular flexibility index (Phi) is 5.72. The van der Waals surface area contributed by atoms with E-state index in [4.69, 9.17) is 13.9 Å². The molecule has 0 radical (unpaired) electrons. The normalized spacial score (nSPS) is 14.0. The first-order valence-electron chi connectivity index (χ1n) is 6.99. The van der Waals surface area contributed by atoms with Crippen molar-refractivity contribution in [2.75, 3.05) is 7.11 Å². The number of ether oxygens (including phenoxy) is 2. The minimum Gasteiger partial charge on any atom is -0.432 e. The fourth-order valence-corrected chi connectivity index (χ4v) is 2.75. The summed E-state index contributed by atoms with van der Waals surface area (Å²) in [7, 11) is -0.391. The van der Waals surface area contributed by atoms with Gasteiger partial charge in [0.2, 0.25) is 0 Å². The van der Waals surface area contributed by atoms with Crippen molar-refractivity contribution in [3.63, 3.8) is 0 Å². The van der Waals surface area contributed by atoms with Crippen LogP contribution in [0.2, 0.25) is 18.1 Å². The Labute approximate surface area is 127 Å². The molecule has 1 heterocycles. The molecule has 0 fully saturated rings. The van der Waals surface area contributed by atoms with Crippen LogP contribution in [0.25, 0.3) is 0 Å². The summed E-state index contributed by atoms with van der Waals surface area (Å²) in [5.74, 6) is -0.500. The summed E-state index contributed by atoms with van der Waals surface area (Å²) >= 11 is 0. The van der Waals surface area contributed by atoms with Crippen LogP contribution in [0.5, 0.6) is 0 Å². The van der Waals surface area contributed by atoms with Gasteiger partial charge in [-0.3, -0.25) is 5.10 Å². The van der Waals surface area contributed by atoms with Crippen LogP contribution in [0, 0.1) is 0 Å². The predicted molar refractivity (Wildman–Crippen MR) is 82.5 cm³/mol. The van der Waals surface area contributed by atoms with Crippen LogP contribution in [0.3, 0.4) is 0 Å². The van der Waals surface area contributed by atoms with E-state index in [9.17, 15) is 4.79 Å². The van der Waals surface area contributed by atoms with Crippen LogP contribution in [-0.4, -0.2) is 37.9 Å². The fraction of sp³-hybridized carbons (Fsp3) is 0.714. The van der Waals surface area contributed by atoms with E-state index in [1.807, 2.05) is 0 Å². The van der Waals surface area contributed by atoms with Crippen molar-refractivity contribution in [1.29, 1.82) is 0 Å². The fourth-order valence-electron chi connectivity index (χ4n) is 1.52. The lowest BCUT2D eigenvalue weighted by Gasteiger charge is -2.37. The van der Waals surface area contributed by atoms with E-state index in [1.54, 1.807) is 20.1 Å². The molecule has 0 aliphatic rings. The van der Waals surface area contributed by atoms with Crippen LogP contribution in [-0.2, 0) is 20.5 Å². The molecule has 0 spiro atoms. The third-order valence-corrected chi connectivity index (χ3v) is 8.21. The molecule has 1 unspecified atom stereocenters. The zero-order chi connectivity index (χ0) is 16.3. The summed E-state index contributed by atoms with van der Waals surface area (Å²) in [5, 5.41) is 6.70. The van der Waals surface area contributed by atoms with E-state index >= 15 is 0 Å². The van der Waals surface area contributed by atoms with Crippen molar-refractivity contribution in [3.05, 3.63) is 17.5 Å². The molecule has 6 nitrogen and oxygen atoms in total. The molecular formula is C14H26N2O4Si. The summed E-state index contributed by atoms with van der Waals surface area (Å²) in [4.78, 5) is 12.0. The number of methoxy groups -OCH3 is 1. The molecule has 120 valence electrons. The molecule has 0 aromatic carbocycles. The lowest BCUT2D eigenvalue weighted by Crippen LogP contribution is -2.44. The van der Waals surface area contributed by atoms with Crippen LogP contribution < -0.4 is 0 Å². The minimum absolute atomic E-state index is 0.0611. The number of nitrogens with zero attached hydrogens (tertiary/aromatic N) is 1. The lowest BCUT2D eigenvalue weighted by atomic mass is 10.2. The van der Waals surface area contributed by atoms with Gasteiger partial charge in [-0.2, -0.15) is 5.10 Å². The molecule has 0 bridgehead atoms. The molecule has 0 amide bonds. The first-order valence-corrected chi connectivity index (χ1v) is 9.89. The Bertz CT molecular complexity index is 480. The molecular weight excluding hydrogens is 288 g/mol. The summed E-state index contributed by atoms with van der Waals surface area (Å²) in [6.45, 7) is 12.7. The number of carbonyl (C=O) groups excluding carboxylic acids is 1. The number of carbonyl (C=O) groups is 1. The Morgan fingerprint density at radius 1 is 1.43 bits per heavy atom. The second-order valence-electron chi connectivity index (χ2n) is 6.56. The largest absolute Gasteiger partial charge is 0.432 e. The summed E-state index contributed by atoms with van der Waals surface area (Å²) in [6.07, 6.45) is -0.596. The average molecular weight is 314 g/mol. The molecule has 0 aliphatic carbocycles. The molecule has 1 aromatic heterocycles. The zero-order valence-electron chi connectivity index (χ0n) is 13.9. The van der Waals surface area contributed by atoms with Crippen molar-refractivity contribution >= 4 is 14.3 Å². The Morgan fingerprint density at radius 3 is 2.57 bits per heavy atom. The topological polar surface area (TPSA) is 73.4 Å². The van der Waals surface area contributed by atoms with E-state index in [2.05, 4.69) is 44.1 Å². The minimum atomic E-state index is -1.97. The first kappa shape index (κ1) is 17.9. The van der Waals surface area contributed by atoms with Gasteiger partial charge in [0, 0.05) is 7.11 Å². The lowest BCUT2D eigenvalue weighted by molar-refractivity contribution is -0.0447. The Hall–Kier alpha value is -1.18. The molecule has 0 saturated heterocycles. The zero-order valence-corrected chi connectivity index (χ0v) is 14.9. The van der Waals surface area contributed by atoms with Crippen molar-refractivity contribution < 1.29 is 18.7 Å². The molecule has 1 N–H and O–H groups in total. The Balaban J connectivity index is 2.61. The SMILES string of the molecule is COCc1cc(C(=O)OC(C)O[Si](C)(C)C(C)(C)C)n[nH]1.